The molecule has 0 fully saturated rings. The van der Waals surface area contributed by atoms with Gasteiger partial charge in [-0.05, 0) is 48.9 Å². The average Bonchev–Trinajstić information content (AvgIpc) is 2.60. The summed E-state index contributed by atoms with van der Waals surface area (Å²) in [5.41, 5.74) is 1.82. The van der Waals surface area contributed by atoms with Crippen molar-refractivity contribution in [2.75, 3.05) is 7.11 Å². The summed E-state index contributed by atoms with van der Waals surface area (Å²) in [5.74, 6) is -0.689. The van der Waals surface area contributed by atoms with Crippen LogP contribution in [0.3, 0.4) is 0 Å². The molecule has 0 aliphatic rings. The van der Waals surface area contributed by atoms with Crippen molar-refractivity contribution in [3.63, 3.8) is 0 Å². The van der Waals surface area contributed by atoms with Gasteiger partial charge >= 0.3 is 0 Å². The highest BCUT2D eigenvalue weighted by Gasteiger charge is 2.15. The number of carbonyl (C=O) groups excluding carboxylic acids is 1. The molecule has 2 aromatic rings. The summed E-state index contributed by atoms with van der Waals surface area (Å²) in [6, 6.07) is 7.28. The molecule has 134 valence electrons. The van der Waals surface area contributed by atoms with Gasteiger partial charge < -0.3 is 20.1 Å². The Hall–Kier alpha value is -3.47. The molecule has 5 nitrogen and oxygen atoms in total. The molecule has 0 spiro atoms. The van der Waals surface area contributed by atoms with Crippen molar-refractivity contribution in [3.05, 3.63) is 71.3 Å². The van der Waals surface area contributed by atoms with Crippen molar-refractivity contribution in [1.82, 2.24) is 0 Å². The molecule has 0 radical (unpaired) electrons. The molecule has 0 aliphatic carbocycles. The molecule has 2 rings (SSSR count). The van der Waals surface area contributed by atoms with Crippen LogP contribution in [-0.4, -0.2) is 28.2 Å². The van der Waals surface area contributed by atoms with Crippen LogP contribution in [0.15, 0.2) is 54.6 Å². The van der Waals surface area contributed by atoms with E-state index in [0.29, 0.717) is 16.9 Å². The number of rotatable bonds is 6. The molecule has 2 aromatic carbocycles. The average molecular weight is 352 g/mol. The van der Waals surface area contributed by atoms with Crippen molar-refractivity contribution in [2.24, 2.45) is 0 Å². The largest absolute Gasteiger partial charge is 0.506 e. The highest BCUT2D eigenvalue weighted by atomic mass is 16.5. The van der Waals surface area contributed by atoms with Crippen molar-refractivity contribution < 1.29 is 24.9 Å². The van der Waals surface area contributed by atoms with E-state index in [1.807, 2.05) is 6.92 Å². The second kappa shape index (κ2) is 8.07. The van der Waals surface area contributed by atoms with E-state index >= 15 is 0 Å². The number of hydrogen-bond donors (Lipinski definition) is 3. The maximum Gasteiger partial charge on any atom is 0.189 e. The first-order valence-corrected chi connectivity index (χ1v) is 7.81. The Morgan fingerprint density at radius 2 is 1.77 bits per heavy atom. The zero-order valence-electron chi connectivity index (χ0n) is 14.6. The third-order valence-corrected chi connectivity index (χ3v) is 3.62. The Balaban J connectivity index is 2.36. The molecule has 0 amide bonds. The van der Waals surface area contributed by atoms with Crippen molar-refractivity contribution in [3.8, 4) is 23.0 Å². The van der Waals surface area contributed by atoms with E-state index in [0.717, 1.165) is 5.57 Å². The summed E-state index contributed by atoms with van der Waals surface area (Å²) >= 11 is 0. The van der Waals surface area contributed by atoms with Crippen LogP contribution in [0, 0.1) is 0 Å². The van der Waals surface area contributed by atoms with Crippen LogP contribution >= 0.6 is 0 Å². The van der Waals surface area contributed by atoms with Crippen LogP contribution in [-0.2, 0) is 0 Å². The molecule has 0 bridgehead atoms. The second-order valence-electron chi connectivity index (χ2n) is 5.70. The van der Waals surface area contributed by atoms with E-state index in [-0.39, 0.29) is 22.8 Å². The van der Waals surface area contributed by atoms with E-state index in [1.165, 1.54) is 37.5 Å². The lowest BCUT2D eigenvalue weighted by molar-refractivity contribution is 0.104. The zero-order chi connectivity index (χ0) is 19.3. The first-order valence-electron chi connectivity index (χ1n) is 7.81. The van der Waals surface area contributed by atoms with Gasteiger partial charge in [-0.3, -0.25) is 4.79 Å². The summed E-state index contributed by atoms with van der Waals surface area (Å²) in [5, 5.41) is 29.3. The molecule has 0 unspecified atom stereocenters. The first kappa shape index (κ1) is 18.9. The van der Waals surface area contributed by atoms with Crippen molar-refractivity contribution in [2.45, 2.75) is 6.92 Å². The van der Waals surface area contributed by atoms with E-state index < -0.39 is 5.78 Å². The smallest absolute Gasteiger partial charge is 0.189 e. The topological polar surface area (TPSA) is 87.0 Å². The van der Waals surface area contributed by atoms with E-state index in [1.54, 1.807) is 24.3 Å². The minimum atomic E-state index is -0.414. The number of benzene rings is 2. The van der Waals surface area contributed by atoms with Crippen molar-refractivity contribution in [1.29, 1.82) is 0 Å². The Morgan fingerprint density at radius 3 is 2.38 bits per heavy atom. The minimum Gasteiger partial charge on any atom is -0.506 e. The molecule has 26 heavy (non-hydrogen) atoms. The van der Waals surface area contributed by atoms with E-state index in [2.05, 4.69) is 6.58 Å². The maximum absolute atomic E-state index is 12.4. The van der Waals surface area contributed by atoms with Gasteiger partial charge in [-0.15, -0.1) is 0 Å². The van der Waals surface area contributed by atoms with E-state index in [9.17, 15) is 20.1 Å². The summed E-state index contributed by atoms with van der Waals surface area (Å²) in [4.78, 5) is 12.4. The molecule has 0 saturated heterocycles. The molecule has 0 heterocycles. The van der Waals surface area contributed by atoms with Crippen LogP contribution in [0.4, 0.5) is 0 Å². The fourth-order valence-corrected chi connectivity index (χ4v) is 2.26. The van der Waals surface area contributed by atoms with Crippen molar-refractivity contribution >= 4 is 17.9 Å². The quantitative estimate of drug-likeness (QED) is 0.312. The number of hydrogen-bond acceptors (Lipinski definition) is 5. The van der Waals surface area contributed by atoms with Gasteiger partial charge in [0.1, 0.15) is 11.5 Å². The van der Waals surface area contributed by atoms with Gasteiger partial charge in [-0.1, -0.05) is 30.4 Å². The van der Waals surface area contributed by atoms with Crippen LogP contribution in [0.25, 0.3) is 12.2 Å². The lowest BCUT2D eigenvalue weighted by Gasteiger charge is -2.10. The van der Waals surface area contributed by atoms with Gasteiger partial charge in [0, 0.05) is 0 Å². The second-order valence-corrected chi connectivity index (χ2v) is 5.70. The maximum atomic E-state index is 12.4. The minimum absolute atomic E-state index is 0.117. The van der Waals surface area contributed by atoms with Crippen LogP contribution in [0.1, 0.15) is 28.4 Å². The Labute approximate surface area is 151 Å². The summed E-state index contributed by atoms with van der Waals surface area (Å²) < 4.78 is 5.23. The molecule has 3 N–H and O–H groups in total. The predicted octanol–water partition coefficient (Wildman–Crippen LogP) is 4.30. The third kappa shape index (κ3) is 4.33. The Kier molecular flexibility index (Phi) is 5.86. The van der Waals surface area contributed by atoms with E-state index in [4.69, 9.17) is 4.74 Å². The van der Waals surface area contributed by atoms with Gasteiger partial charge in [-0.2, -0.15) is 0 Å². The van der Waals surface area contributed by atoms with Gasteiger partial charge in [0.25, 0.3) is 0 Å². The molecule has 0 aromatic heterocycles. The highest BCUT2D eigenvalue weighted by Crippen LogP contribution is 2.33. The van der Waals surface area contributed by atoms with Gasteiger partial charge in [0.15, 0.2) is 17.3 Å². The summed E-state index contributed by atoms with van der Waals surface area (Å²) in [6.45, 7) is 5.57. The molecule has 5 heteroatoms. The van der Waals surface area contributed by atoms with Crippen LogP contribution in [0.5, 0.6) is 23.0 Å². The summed E-state index contributed by atoms with van der Waals surface area (Å²) in [6.07, 6.45) is 6.10. The van der Waals surface area contributed by atoms with Gasteiger partial charge in [-0.25, -0.2) is 0 Å². The number of phenols is 3. The Morgan fingerprint density at radius 1 is 1.04 bits per heavy atom. The number of methoxy groups -OCH3 is 1. The van der Waals surface area contributed by atoms with Crippen LogP contribution in [0.2, 0.25) is 0 Å². The molecule has 0 atom stereocenters. The number of ether oxygens (including phenoxy) is 1. The number of aromatic hydroxyl groups is 3. The normalized spacial score (nSPS) is 11.2. The number of carbonyl (C=O) groups is 1. The summed E-state index contributed by atoms with van der Waals surface area (Å²) in [7, 11) is 1.48. The number of ketones is 1. The fourth-order valence-electron chi connectivity index (χ4n) is 2.26. The predicted molar refractivity (Wildman–Crippen MR) is 102 cm³/mol. The lowest BCUT2D eigenvalue weighted by atomic mass is 10.0. The Bertz CT molecular complexity index is 907. The third-order valence-electron chi connectivity index (χ3n) is 3.62. The zero-order valence-corrected chi connectivity index (χ0v) is 14.6. The first-order chi connectivity index (χ1) is 12.3. The molecular weight excluding hydrogens is 332 g/mol. The molecular formula is C21H20O5. The van der Waals surface area contributed by atoms with Gasteiger partial charge in [0.05, 0.1) is 18.2 Å². The SMILES string of the molecule is C=C(C)C=Cc1c(OC)ccc(C(=O)C=Cc2ccc(O)c(O)c2)c1O. The monoisotopic (exact) mass is 352 g/mol. The number of phenolic OH excluding ortho intramolecular Hbond substituents is 3. The molecule has 0 aliphatic heterocycles. The molecule has 0 saturated carbocycles. The highest BCUT2D eigenvalue weighted by molar-refractivity contribution is 6.09. The van der Waals surface area contributed by atoms with Crippen LogP contribution < -0.4 is 4.74 Å². The van der Waals surface area contributed by atoms with Gasteiger partial charge in [0.2, 0.25) is 0 Å². The lowest BCUT2D eigenvalue weighted by Crippen LogP contribution is -1.98. The standard InChI is InChI=1S/C21H20O5/c1-13(2)4-7-16-20(26-3)11-8-15(21(16)25)17(22)9-5-14-6-10-18(23)19(24)12-14/h4-12,23-25H,1H2,2-3H3. The number of allylic oxidation sites excluding steroid dienone is 3. The fraction of sp³-hybridized carbons (Fsp3) is 0.0952.